The molecule has 0 saturated heterocycles. The minimum Gasteiger partial charge on any atom is -0.323 e. The smallest absolute Gasteiger partial charge is 0.0947 e. The Morgan fingerprint density at radius 2 is 2.18 bits per heavy atom. The first-order chi connectivity index (χ1) is 7.97. The Labute approximate surface area is 109 Å². The molecule has 92 valence electrons. The number of nitrogens with two attached hydrogens (primary N) is 1. The van der Waals surface area contributed by atoms with Crippen LogP contribution in [-0.4, -0.2) is 14.6 Å². The Hall–Kier alpha value is -0.850. The van der Waals surface area contributed by atoms with Gasteiger partial charge in [0.1, 0.15) is 0 Å². The van der Waals surface area contributed by atoms with Crippen molar-refractivity contribution in [3.63, 3.8) is 0 Å². The van der Waals surface area contributed by atoms with E-state index in [4.69, 9.17) is 5.73 Å². The van der Waals surface area contributed by atoms with Gasteiger partial charge in [0.05, 0.1) is 21.8 Å². The molecular formula is C11H16N4S2. The van der Waals surface area contributed by atoms with Gasteiger partial charge in [-0.1, -0.05) is 25.3 Å². The minimum atomic E-state index is -0.0473. The summed E-state index contributed by atoms with van der Waals surface area (Å²) in [6.07, 6.45) is 2.48. The molecule has 1 unspecified atom stereocenters. The maximum Gasteiger partial charge on any atom is 0.0947 e. The molecule has 2 heterocycles. The molecular weight excluding hydrogens is 252 g/mol. The van der Waals surface area contributed by atoms with Crippen LogP contribution in [0, 0.1) is 0 Å². The van der Waals surface area contributed by atoms with E-state index in [0.29, 0.717) is 0 Å². The van der Waals surface area contributed by atoms with E-state index in [2.05, 4.69) is 40.7 Å². The van der Waals surface area contributed by atoms with Crippen molar-refractivity contribution in [1.82, 2.24) is 14.6 Å². The van der Waals surface area contributed by atoms with Crippen molar-refractivity contribution in [1.29, 1.82) is 0 Å². The molecule has 2 aromatic heterocycles. The first kappa shape index (κ1) is 12.6. The molecule has 0 aliphatic heterocycles. The third-order valence-electron chi connectivity index (χ3n) is 2.46. The molecule has 1 atom stereocenters. The zero-order valence-corrected chi connectivity index (χ0v) is 11.8. The monoisotopic (exact) mass is 268 g/mol. The van der Waals surface area contributed by atoms with Gasteiger partial charge in [0.15, 0.2) is 0 Å². The zero-order chi connectivity index (χ0) is 12.5. The maximum absolute atomic E-state index is 6.09. The quantitative estimate of drug-likeness (QED) is 0.929. The van der Waals surface area contributed by atoms with Crippen LogP contribution >= 0.6 is 22.9 Å². The molecule has 2 rings (SSSR count). The van der Waals surface area contributed by atoms with Crippen LogP contribution in [0.4, 0.5) is 0 Å². The molecule has 0 saturated carbocycles. The van der Waals surface area contributed by atoms with Crippen LogP contribution in [0.15, 0.2) is 11.6 Å². The first-order valence-electron chi connectivity index (χ1n) is 5.44. The highest BCUT2D eigenvalue weighted by Gasteiger charge is 2.19. The number of thiazole rings is 1. The third-order valence-corrected chi connectivity index (χ3v) is 4.12. The second-order valence-electron chi connectivity index (χ2n) is 5.01. The number of aromatic nitrogens is 3. The molecule has 0 bridgehead atoms. The molecule has 6 heteroatoms. The number of nitrogens with zero attached hydrogens (tertiary/aromatic N) is 3. The van der Waals surface area contributed by atoms with Gasteiger partial charge in [0, 0.05) is 23.3 Å². The summed E-state index contributed by atoms with van der Waals surface area (Å²) in [6, 6.07) is -0.0473. The lowest BCUT2D eigenvalue weighted by atomic mass is 9.93. The summed E-state index contributed by atoms with van der Waals surface area (Å²) < 4.78 is 3.82. The number of hydrogen-bond acceptors (Lipinski definition) is 6. The van der Waals surface area contributed by atoms with E-state index in [1.165, 1.54) is 11.5 Å². The molecule has 0 aromatic carbocycles. The second kappa shape index (κ2) is 4.80. The second-order valence-corrected chi connectivity index (χ2v) is 6.77. The predicted octanol–water partition coefficient (Wildman–Crippen LogP) is 2.53. The maximum atomic E-state index is 6.09. The van der Waals surface area contributed by atoms with Crippen molar-refractivity contribution in [2.75, 3.05) is 0 Å². The van der Waals surface area contributed by atoms with Crippen LogP contribution in [0.2, 0.25) is 0 Å². The number of hydrogen-bond donors (Lipinski definition) is 1. The van der Waals surface area contributed by atoms with E-state index in [9.17, 15) is 0 Å². The number of rotatable bonds is 3. The average Bonchev–Trinajstić information content (AvgIpc) is 2.85. The summed E-state index contributed by atoms with van der Waals surface area (Å²) in [5.41, 5.74) is 7.32. The van der Waals surface area contributed by atoms with E-state index < -0.39 is 0 Å². The predicted molar refractivity (Wildman–Crippen MR) is 71.4 cm³/mol. The summed E-state index contributed by atoms with van der Waals surface area (Å²) in [5.74, 6) is 0. The van der Waals surface area contributed by atoms with E-state index in [1.807, 2.05) is 0 Å². The molecule has 0 spiro atoms. The third kappa shape index (κ3) is 3.08. The SMILES string of the molecule is CC(C)(C)c1csc(CC(N)c2cnns2)n1. The Kier molecular flexibility index (Phi) is 3.56. The van der Waals surface area contributed by atoms with Gasteiger partial charge >= 0.3 is 0 Å². The fraction of sp³-hybridized carbons (Fsp3) is 0.545. The molecule has 0 aliphatic carbocycles. The van der Waals surface area contributed by atoms with Gasteiger partial charge < -0.3 is 5.73 Å². The van der Waals surface area contributed by atoms with Crippen molar-refractivity contribution in [3.8, 4) is 0 Å². The fourth-order valence-electron chi connectivity index (χ4n) is 1.38. The van der Waals surface area contributed by atoms with Crippen molar-refractivity contribution in [3.05, 3.63) is 27.2 Å². The van der Waals surface area contributed by atoms with E-state index in [0.717, 1.165) is 22.0 Å². The van der Waals surface area contributed by atoms with Crippen molar-refractivity contribution >= 4 is 22.9 Å². The van der Waals surface area contributed by atoms with Crippen LogP contribution in [0.1, 0.15) is 42.4 Å². The van der Waals surface area contributed by atoms with Crippen LogP contribution in [-0.2, 0) is 11.8 Å². The first-order valence-corrected chi connectivity index (χ1v) is 7.10. The van der Waals surface area contributed by atoms with Gasteiger partial charge in [0.25, 0.3) is 0 Å². The lowest BCUT2D eigenvalue weighted by Crippen LogP contribution is -2.14. The average molecular weight is 268 g/mol. The highest BCUT2D eigenvalue weighted by atomic mass is 32.1. The minimum absolute atomic E-state index is 0.0473. The molecule has 0 aliphatic rings. The molecule has 0 radical (unpaired) electrons. The summed E-state index contributed by atoms with van der Waals surface area (Å²) in [5, 5.41) is 7.00. The topological polar surface area (TPSA) is 64.7 Å². The van der Waals surface area contributed by atoms with Gasteiger partial charge in [-0.2, -0.15) is 0 Å². The van der Waals surface area contributed by atoms with Gasteiger partial charge in [-0.15, -0.1) is 16.4 Å². The molecule has 17 heavy (non-hydrogen) atoms. The lowest BCUT2D eigenvalue weighted by Gasteiger charge is -2.14. The summed E-state index contributed by atoms with van der Waals surface area (Å²) in [4.78, 5) is 5.65. The highest BCUT2D eigenvalue weighted by Crippen LogP contribution is 2.26. The van der Waals surface area contributed by atoms with Gasteiger partial charge in [-0.05, 0) is 11.5 Å². The van der Waals surface area contributed by atoms with Crippen LogP contribution in [0.25, 0.3) is 0 Å². The molecule has 4 nitrogen and oxygen atoms in total. The summed E-state index contributed by atoms with van der Waals surface area (Å²) in [7, 11) is 0. The Bertz CT molecular complexity index is 470. The highest BCUT2D eigenvalue weighted by molar-refractivity contribution is 7.09. The van der Waals surface area contributed by atoms with E-state index >= 15 is 0 Å². The Morgan fingerprint density at radius 1 is 1.41 bits per heavy atom. The van der Waals surface area contributed by atoms with Crippen LogP contribution in [0.5, 0.6) is 0 Å². The van der Waals surface area contributed by atoms with Gasteiger partial charge in [-0.25, -0.2) is 4.98 Å². The van der Waals surface area contributed by atoms with Gasteiger partial charge in [0.2, 0.25) is 0 Å². The van der Waals surface area contributed by atoms with Crippen molar-refractivity contribution in [2.24, 2.45) is 5.73 Å². The van der Waals surface area contributed by atoms with Crippen molar-refractivity contribution < 1.29 is 0 Å². The summed E-state index contributed by atoms with van der Waals surface area (Å²) in [6.45, 7) is 6.50. The normalized spacial score (nSPS) is 13.9. The van der Waals surface area contributed by atoms with Crippen LogP contribution < -0.4 is 5.73 Å². The summed E-state index contributed by atoms with van der Waals surface area (Å²) >= 11 is 3.03. The molecule has 0 fully saturated rings. The standard InChI is InChI=1S/C11H16N4S2/c1-11(2,3)9-6-16-10(14-9)4-7(12)8-5-13-15-17-8/h5-7H,4,12H2,1-3H3. The fourth-order valence-corrected chi connectivity index (χ4v) is 2.96. The van der Waals surface area contributed by atoms with Crippen molar-refractivity contribution in [2.45, 2.75) is 38.6 Å². The van der Waals surface area contributed by atoms with Gasteiger partial charge in [-0.3, -0.25) is 0 Å². The largest absolute Gasteiger partial charge is 0.323 e. The lowest BCUT2D eigenvalue weighted by molar-refractivity contribution is 0.569. The Morgan fingerprint density at radius 3 is 2.71 bits per heavy atom. The Balaban J connectivity index is 2.07. The molecule has 2 aromatic rings. The van der Waals surface area contributed by atoms with E-state index in [1.54, 1.807) is 17.5 Å². The van der Waals surface area contributed by atoms with Crippen LogP contribution in [0.3, 0.4) is 0 Å². The molecule has 0 amide bonds. The van der Waals surface area contributed by atoms with E-state index in [-0.39, 0.29) is 11.5 Å². The zero-order valence-electron chi connectivity index (χ0n) is 10.2. The molecule has 2 N–H and O–H groups in total.